The maximum Gasteiger partial charge on any atom is 0.260 e. The Morgan fingerprint density at radius 3 is 2.62 bits per heavy atom. The molecular weight excluding hydrogens is 288 g/mol. The highest BCUT2D eigenvalue weighted by molar-refractivity contribution is 5.85. The second kappa shape index (κ2) is 8.49. The summed E-state index contributed by atoms with van der Waals surface area (Å²) < 4.78 is 5.57. The van der Waals surface area contributed by atoms with Gasteiger partial charge < -0.3 is 15.0 Å². The molecule has 0 unspecified atom stereocenters. The van der Waals surface area contributed by atoms with Gasteiger partial charge >= 0.3 is 0 Å². The molecule has 0 radical (unpaired) electrons. The van der Waals surface area contributed by atoms with Crippen molar-refractivity contribution in [3.63, 3.8) is 0 Å². The van der Waals surface area contributed by atoms with E-state index in [0.29, 0.717) is 6.54 Å². The van der Waals surface area contributed by atoms with E-state index in [1.165, 1.54) is 0 Å². The second-order valence-corrected chi connectivity index (χ2v) is 4.72. The fourth-order valence-corrected chi connectivity index (χ4v) is 1.92. The minimum absolute atomic E-state index is 0. The Morgan fingerprint density at radius 1 is 1.19 bits per heavy atom. The van der Waals surface area contributed by atoms with E-state index < -0.39 is 0 Å². The summed E-state index contributed by atoms with van der Waals surface area (Å²) in [6.07, 6.45) is 0. The van der Waals surface area contributed by atoms with Gasteiger partial charge in [-0.2, -0.15) is 0 Å². The highest BCUT2D eigenvalue weighted by Gasteiger charge is 2.08. The average Bonchev–Trinajstić information content (AvgIpc) is 2.50. The van der Waals surface area contributed by atoms with Gasteiger partial charge in [-0.3, -0.25) is 4.79 Å². The normalized spacial score (nSPS) is 10.0. The molecule has 1 N–H and O–H groups in total. The number of amides is 1. The van der Waals surface area contributed by atoms with Crippen LogP contribution >= 0.6 is 12.4 Å². The summed E-state index contributed by atoms with van der Waals surface area (Å²) in [6.45, 7) is 1.52. The van der Waals surface area contributed by atoms with Crippen LogP contribution in [-0.2, 0) is 4.79 Å². The number of nitrogens with one attached hydrogen (secondary N) is 1. The number of hydrogen-bond donors (Lipinski definition) is 1. The minimum Gasteiger partial charge on any atom is -0.484 e. The fourth-order valence-electron chi connectivity index (χ4n) is 1.92. The first-order chi connectivity index (χ1) is 9.70. The lowest BCUT2D eigenvalue weighted by molar-refractivity contribution is -0.131. The first-order valence-electron chi connectivity index (χ1n) is 6.71. The van der Waals surface area contributed by atoms with E-state index in [1.54, 1.807) is 11.9 Å². The summed E-state index contributed by atoms with van der Waals surface area (Å²) in [5, 5.41) is 5.29. The van der Waals surface area contributed by atoms with E-state index >= 15 is 0 Å². The molecule has 2 rings (SSSR count). The number of carbonyl (C=O) groups is 1. The van der Waals surface area contributed by atoms with E-state index in [4.69, 9.17) is 4.74 Å². The lowest BCUT2D eigenvalue weighted by Crippen LogP contribution is -2.35. The van der Waals surface area contributed by atoms with E-state index in [2.05, 4.69) is 11.4 Å². The first kappa shape index (κ1) is 17.3. The molecule has 0 aromatic heterocycles. The zero-order chi connectivity index (χ0) is 14.4. The highest BCUT2D eigenvalue weighted by atomic mass is 35.5. The van der Waals surface area contributed by atoms with E-state index in [-0.39, 0.29) is 24.9 Å². The molecule has 0 bridgehead atoms. The summed E-state index contributed by atoms with van der Waals surface area (Å²) in [5.41, 5.74) is 0. The van der Waals surface area contributed by atoms with Crippen molar-refractivity contribution >= 4 is 29.1 Å². The Hall–Kier alpha value is -1.78. The lowest BCUT2D eigenvalue weighted by atomic mass is 10.1. The SMILES string of the molecule is CNCCN(C)C(=O)COc1ccc2ccccc2c1.Cl. The van der Waals surface area contributed by atoms with Gasteiger partial charge in [0.05, 0.1) is 0 Å². The predicted octanol–water partition coefficient (Wildman–Crippen LogP) is 2.32. The number of hydrogen-bond acceptors (Lipinski definition) is 3. The number of ether oxygens (including phenoxy) is 1. The molecule has 0 fully saturated rings. The average molecular weight is 309 g/mol. The van der Waals surface area contributed by atoms with Gasteiger partial charge in [0, 0.05) is 20.1 Å². The Morgan fingerprint density at radius 2 is 1.90 bits per heavy atom. The maximum atomic E-state index is 11.9. The number of rotatable bonds is 6. The van der Waals surface area contributed by atoms with Gasteiger partial charge in [-0.05, 0) is 30.0 Å². The molecule has 0 spiro atoms. The molecular formula is C16H21ClN2O2. The molecule has 4 nitrogen and oxygen atoms in total. The van der Waals surface area contributed by atoms with Crippen LogP contribution in [0, 0.1) is 0 Å². The van der Waals surface area contributed by atoms with Crippen molar-refractivity contribution in [3.05, 3.63) is 42.5 Å². The summed E-state index contributed by atoms with van der Waals surface area (Å²) in [6, 6.07) is 13.9. The number of benzene rings is 2. The Bertz CT molecular complexity index is 589. The number of fused-ring (bicyclic) bond motifs is 1. The highest BCUT2D eigenvalue weighted by Crippen LogP contribution is 2.20. The summed E-state index contributed by atoms with van der Waals surface area (Å²) in [4.78, 5) is 13.5. The van der Waals surface area contributed by atoms with Crippen molar-refractivity contribution in [2.45, 2.75) is 0 Å². The van der Waals surface area contributed by atoms with Crippen LogP contribution in [0.15, 0.2) is 42.5 Å². The third kappa shape index (κ3) is 4.92. The lowest BCUT2D eigenvalue weighted by Gasteiger charge is -2.17. The third-order valence-corrected chi connectivity index (χ3v) is 3.21. The Balaban J connectivity index is 0.00000220. The first-order valence-corrected chi connectivity index (χ1v) is 6.71. The molecule has 0 heterocycles. The third-order valence-electron chi connectivity index (χ3n) is 3.21. The van der Waals surface area contributed by atoms with Crippen LogP contribution in [0.25, 0.3) is 10.8 Å². The van der Waals surface area contributed by atoms with Crippen LogP contribution in [0.1, 0.15) is 0 Å². The number of carbonyl (C=O) groups excluding carboxylic acids is 1. The minimum atomic E-state index is -0.0200. The van der Waals surface area contributed by atoms with Crippen molar-refractivity contribution in [1.29, 1.82) is 0 Å². The monoisotopic (exact) mass is 308 g/mol. The largest absolute Gasteiger partial charge is 0.484 e. The van der Waals surface area contributed by atoms with E-state index in [1.807, 2.05) is 43.4 Å². The van der Waals surface area contributed by atoms with Crippen LogP contribution in [-0.4, -0.2) is 44.6 Å². The van der Waals surface area contributed by atoms with Crippen LogP contribution in [0.3, 0.4) is 0 Å². The molecule has 2 aromatic rings. The van der Waals surface area contributed by atoms with Crippen molar-refractivity contribution in [2.75, 3.05) is 33.8 Å². The molecule has 1 amide bonds. The van der Waals surface area contributed by atoms with Crippen LogP contribution < -0.4 is 10.1 Å². The predicted molar refractivity (Wildman–Crippen MR) is 88.3 cm³/mol. The molecule has 0 aliphatic rings. The topological polar surface area (TPSA) is 41.6 Å². The zero-order valence-corrected chi connectivity index (χ0v) is 13.2. The molecule has 0 saturated heterocycles. The van der Waals surface area contributed by atoms with Crippen molar-refractivity contribution in [1.82, 2.24) is 10.2 Å². The van der Waals surface area contributed by atoms with E-state index in [0.717, 1.165) is 23.1 Å². The molecule has 21 heavy (non-hydrogen) atoms. The maximum absolute atomic E-state index is 11.9. The molecule has 2 aromatic carbocycles. The van der Waals surface area contributed by atoms with Gasteiger partial charge in [-0.15, -0.1) is 12.4 Å². The molecule has 0 atom stereocenters. The molecule has 0 saturated carbocycles. The number of halogens is 1. The Labute approximate surface area is 131 Å². The summed E-state index contributed by atoms with van der Waals surface area (Å²) >= 11 is 0. The van der Waals surface area contributed by atoms with Gasteiger partial charge in [0.25, 0.3) is 5.91 Å². The summed E-state index contributed by atoms with van der Waals surface area (Å²) in [7, 11) is 3.65. The van der Waals surface area contributed by atoms with Crippen molar-refractivity contribution in [3.8, 4) is 5.75 Å². The Kier molecular flexibility index (Phi) is 6.99. The standard InChI is InChI=1S/C16H20N2O2.ClH/c1-17-9-10-18(2)16(19)12-20-15-8-7-13-5-3-4-6-14(13)11-15;/h3-8,11,17H,9-10,12H2,1-2H3;1H. The van der Waals surface area contributed by atoms with Crippen LogP contribution in [0.5, 0.6) is 5.75 Å². The van der Waals surface area contributed by atoms with Crippen molar-refractivity contribution < 1.29 is 9.53 Å². The van der Waals surface area contributed by atoms with Gasteiger partial charge in [0.1, 0.15) is 5.75 Å². The molecule has 5 heteroatoms. The fraction of sp³-hybridized carbons (Fsp3) is 0.312. The number of likely N-dealkylation sites (N-methyl/N-ethyl adjacent to an activating group) is 2. The molecule has 0 aliphatic heterocycles. The van der Waals surface area contributed by atoms with Gasteiger partial charge in [0.2, 0.25) is 0 Å². The second-order valence-electron chi connectivity index (χ2n) is 4.72. The number of nitrogens with zero attached hydrogens (tertiary/aromatic N) is 1. The zero-order valence-electron chi connectivity index (χ0n) is 12.3. The van der Waals surface area contributed by atoms with Crippen molar-refractivity contribution in [2.24, 2.45) is 0 Å². The van der Waals surface area contributed by atoms with Crippen LogP contribution in [0.4, 0.5) is 0 Å². The van der Waals surface area contributed by atoms with E-state index in [9.17, 15) is 4.79 Å². The quantitative estimate of drug-likeness (QED) is 0.890. The van der Waals surface area contributed by atoms with Gasteiger partial charge in [-0.1, -0.05) is 30.3 Å². The van der Waals surface area contributed by atoms with Crippen LogP contribution in [0.2, 0.25) is 0 Å². The smallest absolute Gasteiger partial charge is 0.260 e. The summed E-state index contributed by atoms with van der Waals surface area (Å²) in [5.74, 6) is 0.701. The van der Waals surface area contributed by atoms with Gasteiger partial charge in [0.15, 0.2) is 6.61 Å². The van der Waals surface area contributed by atoms with Gasteiger partial charge in [-0.25, -0.2) is 0 Å². The molecule has 0 aliphatic carbocycles. The molecule has 114 valence electrons.